The predicted molar refractivity (Wildman–Crippen MR) is 92.9 cm³/mol. The number of benzene rings is 2. The first kappa shape index (κ1) is 15.4. The molecule has 0 saturated carbocycles. The summed E-state index contributed by atoms with van der Waals surface area (Å²) in [6.07, 6.45) is 1.83. The van der Waals surface area contributed by atoms with E-state index in [-0.39, 0.29) is 5.97 Å². The maximum atomic E-state index is 12.3. The number of esters is 1. The van der Waals surface area contributed by atoms with E-state index < -0.39 is 0 Å². The Balaban J connectivity index is 1.89. The molecule has 23 heavy (non-hydrogen) atoms. The molecular weight excluding hydrogens is 306 g/mol. The first-order valence-electron chi connectivity index (χ1n) is 7.60. The molecular formula is C19H17NO2S. The van der Waals surface area contributed by atoms with Gasteiger partial charge in [-0.05, 0) is 18.6 Å². The molecule has 0 N–H and O–H groups in total. The molecule has 0 aliphatic rings. The third-order valence-electron chi connectivity index (χ3n) is 3.36. The first-order valence-corrected chi connectivity index (χ1v) is 8.42. The van der Waals surface area contributed by atoms with Crippen LogP contribution < -0.4 is 4.74 Å². The number of carbonyl (C=O) groups is 1. The highest BCUT2D eigenvalue weighted by Gasteiger charge is 2.17. The Kier molecular flexibility index (Phi) is 4.83. The molecule has 0 aliphatic carbocycles. The number of ether oxygens (including phenoxy) is 1. The van der Waals surface area contributed by atoms with Crippen LogP contribution in [0.3, 0.4) is 0 Å². The monoisotopic (exact) mass is 323 g/mol. The van der Waals surface area contributed by atoms with Crippen molar-refractivity contribution >= 4 is 17.3 Å². The SMILES string of the molecule is CCCc1sc(-c2ccccc2)nc1OC(=O)c1ccccc1. The molecule has 0 atom stereocenters. The molecule has 0 radical (unpaired) electrons. The van der Waals surface area contributed by atoms with Crippen LogP contribution >= 0.6 is 11.3 Å². The smallest absolute Gasteiger partial charge is 0.344 e. The van der Waals surface area contributed by atoms with Crippen molar-refractivity contribution in [3.05, 3.63) is 71.1 Å². The van der Waals surface area contributed by atoms with E-state index in [2.05, 4.69) is 11.9 Å². The summed E-state index contributed by atoms with van der Waals surface area (Å²) in [5, 5.41) is 0.880. The van der Waals surface area contributed by atoms with Crippen LogP contribution in [0.4, 0.5) is 0 Å². The third kappa shape index (κ3) is 3.66. The number of aryl methyl sites for hydroxylation is 1. The molecule has 1 heterocycles. The topological polar surface area (TPSA) is 39.2 Å². The van der Waals surface area contributed by atoms with E-state index in [1.54, 1.807) is 23.5 Å². The maximum Gasteiger partial charge on any atom is 0.344 e. The van der Waals surface area contributed by atoms with Crippen LogP contribution in [0.15, 0.2) is 60.7 Å². The Bertz CT molecular complexity index is 782. The number of thiazole rings is 1. The molecule has 0 amide bonds. The summed E-state index contributed by atoms with van der Waals surface area (Å²) >= 11 is 1.59. The van der Waals surface area contributed by atoms with E-state index in [1.807, 2.05) is 48.5 Å². The number of nitrogens with zero attached hydrogens (tertiary/aromatic N) is 1. The van der Waals surface area contributed by atoms with Crippen LogP contribution in [0.1, 0.15) is 28.6 Å². The zero-order chi connectivity index (χ0) is 16.1. The van der Waals surface area contributed by atoms with Gasteiger partial charge in [0.15, 0.2) is 0 Å². The molecule has 4 heteroatoms. The fourth-order valence-electron chi connectivity index (χ4n) is 2.23. The van der Waals surface area contributed by atoms with Gasteiger partial charge in [0.1, 0.15) is 5.01 Å². The fourth-order valence-corrected chi connectivity index (χ4v) is 3.32. The Morgan fingerprint density at radius 1 is 1.04 bits per heavy atom. The highest BCUT2D eigenvalue weighted by Crippen LogP contribution is 2.33. The molecule has 116 valence electrons. The Morgan fingerprint density at radius 2 is 1.70 bits per heavy atom. The third-order valence-corrected chi connectivity index (χ3v) is 4.50. The summed E-state index contributed by atoms with van der Waals surface area (Å²) in [4.78, 5) is 17.8. The second-order valence-electron chi connectivity index (χ2n) is 5.12. The normalized spacial score (nSPS) is 10.5. The summed E-state index contributed by atoms with van der Waals surface area (Å²) < 4.78 is 5.55. The largest absolute Gasteiger partial charge is 0.403 e. The van der Waals surface area contributed by atoms with Gasteiger partial charge in [-0.3, -0.25) is 0 Å². The van der Waals surface area contributed by atoms with Crippen molar-refractivity contribution in [2.75, 3.05) is 0 Å². The van der Waals surface area contributed by atoms with Crippen molar-refractivity contribution < 1.29 is 9.53 Å². The number of aromatic nitrogens is 1. The standard InChI is InChI=1S/C19H17NO2S/c1-2-9-16-17(22-19(21)15-12-7-4-8-13-15)20-18(23-16)14-10-5-3-6-11-14/h3-8,10-13H,2,9H2,1H3. The van der Waals surface area contributed by atoms with Gasteiger partial charge >= 0.3 is 5.97 Å². The highest BCUT2D eigenvalue weighted by molar-refractivity contribution is 7.15. The second kappa shape index (κ2) is 7.20. The van der Waals surface area contributed by atoms with Crippen molar-refractivity contribution in [2.24, 2.45) is 0 Å². The quantitative estimate of drug-likeness (QED) is 0.621. The summed E-state index contributed by atoms with van der Waals surface area (Å²) in [6, 6.07) is 18.9. The number of rotatable bonds is 5. The number of hydrogen-bond acceptors (Lipinski definition) is 4. The van der Waals surface area contributed by atoms with Crippen LogP contribution in [0.2, 0.25) is 0 Å². The Labute approximate surface area is 139 Å². The van der Waals surface area contributed by atoms with E-state index in [1.165, 1.54) is 0 Å². The first-order chi connectivity index (χ1) is 11.3. The molecule has 0 bridgehead atoms. The molecule has 0 spiro atoms. The van der Waals surface area contributed by atoms with Crippen molar-refractivity contribution in [2.45, 2.75) is 19.8 Å². The van der Waals surface area contributed by atoms with Gasteiger partial charge in [0, 0.05) is 5.56 Å². The summed E-state index contributed by atoms with van der Waals surface area (Å²) in [6.45, 7) is 2.10. The van der Waals surface area contributed by atoms with Crippen molar-refractivity contribution in [1.82, 2.24) is 4.98 Å². The van der Waals surface area contributed by atoms with Gasteiger partial charge in [-0.1, -0.05) is 61.9 Å². The van der Waals surface area contributed by atoms with E-state index in [0.717, 1.165) is 28.3 Å². The molecule has 2 aromatic carbocycles. The fraction of sp³-hybridized carbons (Fsp3) is 0.158. The molecule has 3 rings (SSSR count). The number of hydrogen-bond donors (Lipinski definition) is 0. The van der Waals surface area contributed by atoms with Crippen LogP contribution in [-0.2, 0) is 6.42 Å². The minimum absolute atomic E-state index is 0.368. The van der Waals surface area contributed by atoms with Crippen molar-refractivity contribution in [3.63, 3.8) is 0 Å². The maximum absolute atomic E-state index is 12.3. The predicted octanol–water partition coefficient (Wildman–Crippen LogP) is 4.98. The van der Waals surface area contributed by atoms with Gasteiger partial charge in [0.25, 0.3) is 0 Å². The van der Waals surface area contributed by atoms with E-state index in [9.17, 15) is 4.79 Å². The summed E-state index contributed by atoms with van der Waals surface area (Å²) in [7, 11) is 0. The minimum atomic E-state index is -0.368. The lowest BCUT2D eigenvalue weighted by Crippen LogP contribution is -2.09. The lowest BCUT2D eigenvalue weighted by atomic mass is 10.2. The average Bonchev–Trinajstić information content (AvgIpc) is 2.99. The Morgan fingerprint density at radius 3 is 2.35 bits per heavy atom. The zero-order valence-corrected chi connectivity index (χ0v) is 13.7. The van der Waals surface area contributed by atoms with Gasteiger partial charge in [-0.15, -0.1) is 11.3 Å². The lowest BCUT2D eigenvalue weighted by Gasteiger charge is -2.03. The second-order valence-corrected chi connectivity index (χ2v) is 6.20. The van der Waals surface area contributed by atoms with Crippen molar-refractivity contribution in [3.8, 4) is 16.5 Å². The van der Waals surface area contributed by atoms with Crippen LogP contribution in [-0.4, -0.2) is 11.0 Å². The minimum Gasteiger partial charge on any atom is -0.403 e. The summed E-state index contributed by atoms with van der Waals surface area (Å²) in [5.41, 5.74) is 1.57. The van der Waals surface area contributed by atoms with Crippen LogP contribution in [0.25, 0.3) is 10.6 Å². The molecule has 3 nitrogen and oxygen atoms in total. The molecule has 0 saturated heterocycles. The van der Waals surface area contributed by atoms with Gasteiger partial charge in [-0.2, -0.15) is 0 Å². The zero-order valence-electron chi connectivity index (χ0n) is 12.9. The van der Waals surface area contributed by atoms with Gasteiger partial charge in [-0.25, -0.2) is 9.78 Å². The van der Waals surface area contributed by atoms with Gasteiger partial charge in [0.2, 0.25) is 5.88 Å². The molecule has 0 fully saturated rings. The molecule has 0 aliphatic heterocycles. The molecule has 3 aromatic rings. The van der Waals surface area contributed by atoms with E-state index in [0.29, 0.717) is 11.4 Å². The highest BCUT2D eigenvalue weighted by atomic mass is 32.1. The van der Waals surface area contributed by atoms with Gasteiger partial charge < -0.3 is 4.74 Å². The molecule has 1 aromatic heterocycles. The van der Waals surface area contributed by atoms with Gasteiger partial charge in [0.05, 0.1) is 10.4 Å². The van der Waals surface area contributed by atoms with Crippen molar-refractivity contribution in [1.29, 1.82) is 0 Å². The number of carbonyl (C=O) groups excluding carboxylic acids is 1. The van der Waals surface area contributed by atoms with Crippen LogP contribution in [0.5, 0.6) is 5.88 Å². The van der Waals surface area contributed by atoms with Crippen LogP contribution in [0, 0.1) is 0 Å². The molecule has 0 unspecified atom stereocenters. The van der Waals surface area contributed by atoms with E-state index in [4.69, 9.17) is 4.74 Å². The summed E-state index contributed by atoms with van der Waals surface area (Å²) in [5.74, 6) is 0.0671. The average molecular weight is 323 g/mol. The van der Waals surface area contributed by atoms with E-state index >= 15 is 0 Å². The Hall–Kier alpha value is -2.46. The lowest BCUT2D eigenvalue weighted by molar-refractivity contribution is 0.0727.